The van der Waals surface area contributed by atoms with Crippen LogP contribution in [0.2, 0.25) is 0 Å². The first-order valence-corrected chi connectivity index (χ1v) is 6.64. The maximum absolute atomic E-state index is 10.5. The summed E-state index contributed by atoms with van der Waals surface area (Å²) in [5, 5.41) is 10.9. The van der Waals surface area contributed by atoms with E-state index in [0.717, 1.165) is 22.0 Å². The first kappa shape index (κ1) is 13.2. The van der Waals surface area contributed by atoms with E-state index in [2.05, 4.69) is 9.82 Å². The zero-order valence-electron chi connectivity index (χ0n) is 11.2. The van der Waals surface area contributed by atoms with Crippen LogP contribution in [0.5, 0.6) is 0 Å². The number of nitrogens with zero attached hydrogens (tertiary/aromatic N) is 1. The SMILES string of the molecule is O=[N+]([O-])OC[C@H](c1ccccc1)c1c[nH]c2ccccc12. The molecule has 1 atom stereocenters. The normalized spacial score (nSPS) is 12.2. The molecule has 0 saturated carbocycles. The van der Waals surface area contributed by atoms with Crippen molar-refractivity contribution < 1.29 is 9.92 Å². The zero-order valence-corrected chi connectivity index (χ0v) is 11.2. The second-order valence-corrected chi connectivity index (χ2v) is 4.77. The Kier molecular flexibility index (Phi) is 3.55. The van der Waals surface area contributed by atoms with Crippen LogP contribution < -0.4 is 0 Å². The van der Waals surface area contributed by atoms with Gasteiger partial charge in [-0.3, -0.25) is 0 Å². The van der Waals surface area contributed by atoms with Crippen LogP contribution in [0, 0.1) is 10.1 Å². The molecule has 0 fully saturated rings. The third kappa shape index (κ3) is 2.72. The molecule has 0 amide bonds. The highest BCUT2D eigenvalue weighted by Crippen LogP contribution is 2.31. The Balaban J connectivity index is 2.04. The molecule has 0 bridgehead atoms. The molecule has 5 heteroatoms. The molecule has 1 heterocycles. The molecular weight excluding hydrogens is 268 g/mol. The van der Waals surface area contributed by atoms with E-state index in [1.54, 1.807) is 0 Å². The second kappa shape index (κ2) is 5.66. The number of aromatic nitrogens is 1. The minimum Gasteiger partial charge on any atom is -0.361 e. The zero-order chi connectivity index (χ0) is 14.7. The van der Waals surface area contributed by atoms with E-state index in [9.17, 15) is 10.1 Å². The molecule has 3 rings (SSSR count). The number of nitrogens with one attached hydrogen (secondary N) is 1. The molecule has 0 aliphatic heterocycles. The highest BCUT2D eigenvalue weighted by Gasteiger charge is 2.19. The second-order valence-electron chi connectivity index (χ2n) is 4.77. The van der Waals surface area contributed by atoms with Crippen molar-refractivity contribution in [2.75, 3.05) is 6.61 Å². The number of benzene rings is 2. The fourth-order valence-electron chi connectivity index (χ4n) is 2.57. The molecular formula is C16H14N2O3. The number of rotatable bonds is 5. The first-order valence-electron chi connectivity index (χ1n) is 6.64. The molecule has 3 aromatic rings. The summed E-state index contributed by atoms with van der Waals surface area (Å²) < 4.78 is 0. The summed E-state index contributed by atoms with van der Waals surface area (Å²) in [4.78, 5) is 18.4. The Morgan fingerprint density at radius 1 is 1.10 bits per heavy atom. The van der Waals surface area contributed by atoms with Crippen molar-refractivity contribution in [2.24, 2.45) is 0 Å². The summed E-state index contributed by atoms with van der Waals surface area (Å²) in [7, 11) is 0. The smallest absolute Gasteiger partial charge is 0.294 e. The third-order valence-corrected chi connectivity index (χ3v) is 3.55. The predicted molar refractivity (Wildman–Crippen MR) is 79.5 cm³/mol. The lowest BCUT2D eigenvalue weighted by Crippen LogP contribution is -2.12. The first-order chi connectivity index (χ1) is 10.3. The van der Waals surface area contributed by atoms with Gasteiger partial charge in [-0.25, -0.2) is 0 Å². The third-order valence-electron chi connectivity index (χ3n) is 3.55. The van der Waals surface area contributed by atoms with Crippen molar-refractivity contribution in [3.05, 3.63) is 82.0 Å². The van der Waals surface area contributed by atoms with Gasteiger partial charge in [0.05, 0.1) is 0 Å². The lowest BCUT2D eigenvalue weighted by molar-refractivity contribution is -0.758. The van der Waals surface area contributed by atoms with Gasteiger partial charge >= 0.3 is 0 Å². The van der Waals surface area contributed by atoms with Gasteiger partial charge in [0.15, 0.2) is 0 Å². The average molecular weight is 282 g/mol. The van der Waals surface area contributed by atoms with E-state index in [0.29, 0.717) is 0 Å². The molecule has 5 nitrogen and oxygen atoms in total. The molecule has 0 radical (unpaired) electrons. The minimum atomic E-state index is -0.745. The summed E-state index contributed by atoms with van der Waals surface area (Å²) in [6, 6.07) is 17.6. The number of hydrogen-bond donors (Lipinski definition) is 1. The monoisotopic (exact) mass is 282 g/mol. The number of fused-ring (bicyclic) bond motifs is 1. The molecule has 106 valence electrons. The molecule has 0 spiro atoms. The molecule has 1 aromatic heterocycles. The van der Waals surface area contributed by atoms with Crippen molar-refractivity contribution in [2.45, 2.75) is 5.92 Å². The minimum absolute atomic E-state index is 0.00113. The van der Waals surface area contributed by atoms with Crippen LogP contribution in [-0.4, -0.2) is 16.7 Å². The fourth-order valence-corrected chi connectivity index (χ4v) is 2.57. The quantitative estimate of drug-likeness (QED) is 0.575. The van der Waals surface area contributed by atoms with Gasteiger partial charge in [0.25, 0.3) is 5.09 Å². The summed E-state index contributed by atoms with van der Waals surface area (Å²) in [5.41, 5.74) is 3.00. The van der Waals surface area contributed by atoms with Crippen LogP contribution in [0.1, 0.15) is 17.0 Å². The van der Waals surface area contributed by atoms with Gasteiger partial charge in [0, 0.05) is 23.0 Å². The van der Waals surface area contributed by atoms with Gasteiger partial charge in [0.1, 0.15) is 6.61 Å². The van der Waals surface area contributed by atoms with E-state index in [1.165, 1.54) is 0 Å². The average Bonchev–Trinajstić information content (AvgIpc) is 2.93. The van der Waals surface area contributed by atoms with Crippen LogP contribution in [0.3, 0.4) is 0 Å². The van der Waals surface area contributed by atoms with E-state index >= 15 is 0 Å². The van der Waals surface area contributed by atoms with Gasteiger partial charge in [0.2, 0.25) is 0 Å². The van der Waals surface area contributed by atoms with E-state index in [4.69, 9.17) is 0 Å². The van der Waals surface area contributed by atoms with E-state index in [1.807, 2.05) is 60.8 Å². The van der Waals surface area contributed by atoms with Crippen LogP contribution in [0.15, 0.2) is 60.8 Å². The van der Waals surface area contributed by atoms with Crippen LogP contribution in [0.4, 0.5) is 0 Å². The van der Waals surface area contributed by atoms with Crippen molar-refractivity contribution in [1.82, 2.24) is 4.98 Å². The lowest BCUT2D eigenvalue weighted by atomic mass is 9.92. The number of aromatic amines is 1. The maximum Gasteiger partial charge on any atom is 0.294 e. The summed E-state index contributed by atoms with van der Waals surface area (Å²) in [5.74, 6) is -0.187. The Hall–Kier alpha value is -2.82. The Bertz CT molecular complexity index is 752. The highest BCUT2D eigenvalue weighted by molar-refractivity contribution is 5.84. The molecule has 0 saturated heterocycles. The van der Waals surface area contributed by atoms with Gasteiger partial charge in [-0.1, -0.05) is 48.5 Å². The van der Waals surface area contributed by atoms with Crippen molar-refractivity contribution in [3.8, 4) is 0 Å². The van der Waals surface area contributed by atoms with Gasteiger partial charge in [-0.15, -0.1) is 10.1 Å². The van der Waals surface area contributed by atoms with Crippen molar-refractivity contribution in [3.63, 3.8) is 0 Å². The van der Waals surface area contributed by atoms with E-state index < -0.39 is 5.09 Å². The predicted octanol–water partition coefficient (Wildman–Crippen LogP) is 3.51. The van der Waals surface area contributed by atoms with Crippen LogP contribution >= 0.6 is 0 Å². The van der Waals surface area contributed by atoms with Crippen molar-refractivity contribution in [1.29, 1.82) is 0 Å². The summed E-state index contributed by atoms with van der Waals surface area (Å²) in [6.45, 7) is -0.00113. The number of para-hydroxylation sites is 1. The Morgan fingerprint density at radius 2 is 1.81 bits per heavy atom. The Morgan fingerprint density at radius 3 is 2.57 bits per heavy atom. The highest BCUT2D eigenvalue weighted by atomic mass is 16.9. The molecule has 2 aromatic carbocycles. The largest absolute Gasteiger partial charge is 0.361 e. The standard InChI is InChI=1S/C16H14N2O3/c19-18(20)21-11-15(12-6-2-1-3-7-12)14-10-17-16-9-5-4-8-13(14)16/h1-10,15,17H,11H2/t15-/m1/s1. The van der Waals surface area contributed by atoms with Gasteiger partial charge in [-0.2, -0.15) is 0 Å². The molecule has 0 unspecified atom stereocenters. The molecule has 0 aliphatic rings. The van der Waals surface area contributed by atoms with E-state index in [-0.39, 0.29) is 12.5 Å². The van der Waals surface area contributed by atoms with Crippen molar-refractivity contribution >= 4 is 10.9 Å². The number of H-pyrrole nitrogens is 1. The summed E-state index contributed by atoms with van der Waals surface area (Å²) >= 11 is 0. The fraction of sp³-hybridized carbons (Fsp3) is 0.125. The maximum atomic E-state index is 10.5. The summed E-state index contributed by atoms with van der Waals surface area (Å²) in [6.07, 6.45) is 1.89. The van der Waals surface area contributed by atoms with Crippen LogP contribution in [-0.2, 0) is 4.84 Å². The van der Waals surface area contributed by atoms with Crippen LogP contribution in [0.25, 0.3) is 10.9 Å². The molecule has 21 heavy (non-hydrogen) atoms. The molecule has 0 aliphatic carbocycles. The van der Waals surface area contributed by atoms with Gasteiger partial charge < -0.3 is 9.82 Å². The topological polar surface area (TPSA) is 68.2 Å². The molecule has 1 N–H and O–H groups in total. The Labute approximate surface area is 121 Å². The number of hydrogen-bond acceptors (Lipinski definition) is 3. The lowest BCUT2D eigenvalue weighted by Gasteiger charge is -2.15. The van der Waals surface area contributed by atoms with Gasteiger partial charge in [-0.05, 0) is 17.2 Å².